The summed E-state index contributed by atoms with van der Waals surface area (Å²) in [5.41, 5.74) is 5.45. The van der Waals surface area contributed by atoms with Gasteiger partial charge in [-0.1, -0.05) is 0 Å². The Labute approximate surface area is 61.0 Å². The van der Waals surface area contributed by atoms with Crippen molar-refractivity contribution in [3.63, 3.8) is 0 Å². The fourth-order valence-corrected chi connectivity index (χ4v) is 1.53. The molecular weight excluding hydrogens is 132 g/mol. The van der Waals surface area contributed by atoms with Crippen LogP contribution in [0.2, 0.25) is 0 Å². The van der Waals surface area contributed by atoms with Gasteiger partial charge in [0.2, 0.25) is 0 Å². The predicted molar refractivity (Wildman–Crippen MR) is 42.2 cm³/mol. The Bertz CT molecular complexity index is 124. The molecule has 1 atom stereocenters. The van der Waals surface area contributed by atoms with E-state index in [1.165, 1.54) is 12.8 Å². The monoisotopic (exact) mass is 144 g/mol. The summed E-state index contributed by atoms with van der Waals surface area (Å²) in [5, 5.41) is 0.556. The summed E-state index contributed by atoms with van der Waals surface area (Å²) in [7, 11) is 0. The number of rotatable bonds is 0. The van der Waals surface area contributed by atoms with Crippen molar-refractivity contribution in [1.82, 2.24) is 4.90 Å². The van der Waals surface area contributed by atoms with Gasteiger partial charge >= 0.3 is 0 Å². The topological polar surface area (TPSA) is 29.3 Å². The van der Waals surface area contributed by atoms with Crippen molar-refractivity contribution >= 4 is 17.3 Å². The minimum Gasteiger partial charge on any atom is -0.376 e. The largest absolute Gasteiger partial charge is 0.376 e. The van der Waals surface area contributed by atoms with E-state index in [0.717, 1.165) is 6.54 Å². The highest BCUT2D eigenvalue weighted by atomic mass is 32.1. The van der Waals surface area contributed by atoms with Gasteiger partial charge in [0.1, 0.15) is 0 Å². The minimum absolute atomic E-state index is 0.556. The first kappa shape index (κ1) is 6.81. The summed E-state index contributed by atoms with van der Waals surface area (Å²) < 4.78 is 0. The van der Waals surface area contributed by atoms with Gasteiger partial charge in [-0.2, -0.15) is 0 Å². The molecule has 1 heterocycles. The van der Waals surface area contributed by atoms with Crippen LogP contribution in [0.1, 0.15) is 19.8 Å². The number of hydrogen-bond donors (Lipinski definition) is 1. The summed E-state index contributed by atoms with van der Waals surface area (Å²) in [6, 6.07) is 0.572. The molecule has 0 aliphatic carbocycles. The number of nitrogens with zero attached hydrogens (tertiary/aromatic N) is 1. The van der Waals surface area contributed by atoms with Crippen LogP contribution in [0.15, 0.2) is 0 Å². The van der Waals surface area contributed by atoms with Gasteiger partial charge in [-0.3, -0.25) is 0 Å². The van der Waals surface area contributed by atoms with Crippen LogP contribution in [0.5, 0.6) is 0 Å². The van der Waals surface area contributed by atoms with Crippen molar-refractivity contribution in [3.05, 3.63) is 0 Å². The van der Waals surface area contributed by atoms with E-state index >= 15 is 0 Å². The van der Waals surface area contributed by atoms with Gasteiger partial charge in [-0.25, -0.2) is 0 Å². The zero-order valence-corrected chi connectivity index (χ0v) is 6.45. The van der Waals surface area contributed by atoms with E-state index in [1.807, 2.05) is 0 Å². The van der Waals surface area contributed by atoms with Crippen molar-refractivity contribution in [2.24, 2.45) is 5.73 Å². The number of hydrogen-bond acceptors (Lipinski definition) is 1. The lowest BCUT2D eigenvalue weighted by Gasteiger charge is -2.20. The zero-order chi connectivity index (χ0) is 6.85. The van der Waals surface area contributed by atoms with Crippen LogP contribution in [-0.4, -0.2) is 22.6 Å². The molecule has 52 valence electrons. The average molecular weight is 144 g/mol. The Morgan fingerprint density at radius 3 is 2.67 bits per heavy atom. The van der Waals surface area contributed by atoms with Crippen molar-refractivity contribution in [1.29, 1.82) is 0 Å². The van der Waals surface area contributed by atoms with Gasteiger partial charge in [-0.05, 0) is 32.0 Å². The fourth-order valence-electron chi connectivity index (χ4n) is 1.26. The third-order valence-electron chi connectivity index (χ3n) is 1.84. The van der Waals surface area contributed by atoms with Crippen molar-refractivity contribution in [2.45, 2.75) is 25.8 Å². The predicted octanol–water partition coefficient (Wildman–Crippen LogP) is 0.714. The molecule has 0 bridgehead atoms. The summed E-state index contributed by atoms with van der Waals surface area (Å²) in [6.07, 6.45) is 2.47. The summed E-state index contributed by atoms with van der Waals surface area (Å²) in [6.45, 7) is 3.21. The Morgan fingerprint density at radius 2 is 2.44 bits per heavy atom. The molecule has 0 aromatic heterocycles. The minimum atomic E-state index is 0.556. The lowest BCUT2D eigenvalue weighted by molar-refractivity contribution is 0.418. The molecule has 2 N–H and O–H groups in total. The fraction of sp³-hybridized carbons (Fsp3) is 0.833. The van der Waals surface area contributed by atoms with Gasteiger partial charge in [0.15, 0.2) is 5.11 Å². The van der Waals surface area contributed by atoms with Crippen LogP contribution in [0.25, 0.3) is 0 Å². The summed E-state index contributed by atoms with van der Waals surface area (Å²) >= 11 is 4.84. The Morgan fingerprint density at radius 1 is 1.78 bits per heavy atom. The van der Waals surface area contributed by atoms with Crippen molar-refractivity contribution in [2.75, 3.05) is 6.54 Å². The third kappa shape index (κ3) is 1.33. The maximum atomic E-state index is 5.45. The van der Waals surface area contributed by atoms with Crippen molar-refractivity contribution < 1.29 is 0 Å². The Hall–Kier alpha value is -0.310. The number of likely N-dealkylation sites (tertiary alicyclic amines) is 1. The Balaban J connectivity index is 2.49. The molecule has 3 heteroatoms. The van der Waals surface area contributed by atoms with Crippen LogP contribution in [0.3, 0.4) is 0 Å². The molecule has 2 nitrogen and oxygen atoms in total. The van der Waals surface area contributed by atoms with Crippen LogP contribution in [0.4, 0.5) is 0 Å². The van der Waals surface area contributed by atoms with Crippen LogP contribution in [-0.2, 0) is 0 Å². The first-order chi connectivity index (χ1) is 4.22. The molecule has 0 saturated carbocycles. The summed E-state index contributed by atoms with van der Waals surface area (Å²) in [5.74, 6) is 0. The highest BCUT2D eigenvalue weighted by Crippen LogP contribution is 2.15. The summed E-state index contributed by atoms with van der Waals surface area (Å²) in [4.78, 5) is 2.08. The molecule has 1 fully saturated rings. The quantitative estimate of drug-likeness (QED) is 0.508. The standard InChI is InChI=1S/C6H12N2S/c1-5-3-2-4-8(5)6(7)9/h5H,2-4H2,1H3,(H2,7,9)/t5-/m1/s1. The molecule has 0 spiro atoms. The van der Waals surface area contributed by atoms with Gasteiger partial charge in [-0.15, -0.1) is 0 Å². The molecule has 1 aliphatic rings. The van der Waals surface area contributed by atoms with E-state index in [2.05, 4.69) is 11.8 Å². The van der Waals surface area contributed by atoms with Crippen LogP contribution >= 0.6 is 12.2 Å². The van der Waals surface area contributed by atoms with Crippen molar-refractivity contribution in [3.8, 4) is 0 Å². The molecule has 0 amide bonds. The van der Waals surface area contributed by atoms with E-state index in [9.17, 15) is 0 Å². The van der Waals surface area contributed by atoms with E-state index in [0.29, 0.717) is 11.2 Å². The maximum Gasteiger partial charge on any atom is 0.166 e. The second-order valence-corrected chi connectivity index (χ2v) is 2.94. The first-order valence-electron chi connectivity index (χ1n) is 3.28. The molecule has 1 saturated heterocycles. The average Bonchev–Trinajstić information content (AvgIpc) is 2.13. The van der Waals surface area contributed by atoms with E-state index in [4.69, 9.17) is 18.0 Å². The maximum absolute atomic E-state index is 5.45. The lowest BCUT2D eigenvalue weighted by Crippen LogP contribution is -2.37. The van der Waals surface area contributed by atoms with Gasteiger partial charge in [0.25, 0.3) is 0 Å². The molecule has 0 radical (unpaired) electrons. The van der Waals surface area contributed by atoms with E-state index in [-0.39, 0.29) is 0 Å². The molecule has 0 unspecified atom stereocenters. The molecule has 0 aromatic rings. The first-order valence-corrected chi connectivity index (χ1v) is 3.68. The molecule has 1 aliphatic heterocycles. The van der Waals surface area contributed by atoms with Gasteiger partial charge < -0.3 is 10.6 Å². The van der Waals surface area contributed by atoms with Gasteiger partial charge in [0.05, 0.1) is 0 Å². The highest BCUT2D eigenvalue weighted by Gasteiger charge is 2.20. The van der Waals surface area contributed by atoms with Crippen LogP contribution < -0.4 is 5.73 Å². The second-order valence-electron chi connectivity index (χ2n) is 2.52. The lowest BCUT2D eigenvalue weighted by atomic mass is 10.2. The Kier molecular flexibility index (Phi) is 1.90. The second kappa shape index (κ2) is 2.52. The highest BCUT2D eigenvalue weighted by molar-refractivity contribution is 7.80. The smallest absolute Gasteiger partial charge is 0.166 e. The molecular formula is C6H12N2S. The normalized spacial score (nSPS) is 26.8. The van der Waals surface area contributed by atoms with E-state index < -0.39 is 0 Å². The molecule has 1 rings (SSSR count). The molecule has 0 aromatic carbocycles. The van der Waals surface area contributed by atoms with Gasteiger partial charge in [0, 0.05) is 12.6 Å². The third-order valence-corrected chi connectivity index (χ3v) is 2.07. The van der Waals surface area contributed by atoms with E-state index in [1.54, 1.807) is 0 Å². The van der Waals surface area contributed by atoms with Crippen LogP contribution in [0, 0.1) is 0 Å². The number of thiocarbonyl (C=S) groups is 1. The number of nitrogens with two attached hydrogens (primary N) is 1. The SMILES string of the molecule is C[C@@H]1CCCN1C(N)=S. The zero-order valence-electron chi connectivity index (χ0n) is 5.63. The molecule has 9 heavy (non-hydrogen) atoms.